The Morgan fingerprint density at radius 2 is 1.79 bits per heavy atom. The van der Waals surface area contributed by atoms with E-state index in [0.717, 1.165) is 12.1 Å². The van der Waals surface area contributed by atoms with Gasteiger partial charge in [-0.05, 0) is 12.1 Å². The zero-order valence-corrected chi connectivity index (χ0v) is 8.04. The molecule has 6 heteroatoms. The number of alkyl halides is 2. The van der Waals surface area contributed by atoms with Gasteiger partial charge in [0.2, 0.25) is 5.78 Å². The fourth-order valence-electron chi connectivity index (χ4n) is 0.834. The van der Waals surface area contributed by atoms with Gasteiger partial charge in [-0.3, -0.25) is 4.79 Å². The Kier molecular flexibility index (Phi) is 3.39. The molecule has 0 saturated carbocycles. The van der Waals surface area contributed by atoms with Crippen molar-refractivity contribution in [2.75, 3.05) is 0 Å². The topological polar surface area (TPSA) is 17.1 Å². The molecule has 0 bridgehead atoms. The SMILES string of the molecule is O=C(c1ccc(F)c(Cl)c1Cl)C(F)F. The molecule has 1 aromatic carbocycles. The van der Waals surface area contributed by atoms with Gasteiger partial charge in [-0.2, -0.15) is 0 Å². The first-order chi connectivity index (χ1) is 6.45. The van der Waals surface area contributed by atoms with E-state index in [-0.39, 0.29) is 0 Å². The quantitative estimate of drug-likeness (QED) is 0.573. The van der Waals surface area contributed by atoms with Gasteiger partial charge in [0.15, 0.2) is 0 Å². The van der Waals surface area contributed by atoms with Crippen molar-refractivity contribution in [3.05, 3.63) is 33.6 Å². The minimum atomic E-state index is -3.19. The van der Waals surface area contributed by atoms with E-state index in [1.165, 1.54) is 0 Å². The predicted molar refractivity (Wildman–Crippen MR) is 46.8 cm³/mol. The minimum absolute atomic E-state index is 0.479. The van der Waals surface area contributed by atoms with E-state index in [9.17, 15) is 18.0 Å². The maximum atomic E-state index is 12.7. The van der Waals surface area contributed by atoms with E-state index in [0.29, 0.717) is 0 Å². The molecule has 0 N–H and O–H groups in total. The van der Waals surface area contributed by atoms with Crippen molar-refractivity contribution in [2.45, 2.75) is 6.43 Å². The van der Waals surface area contributed by atoms with Crippen LogP contribution in [0.1, 0.15) is 10.4 Å². The molecule has 0 spiro atoms. The monoisotopic (exact) mass is 242 g/mol. The lowest BCUT2D eigenvalue weighted by Gasteiger charge is -2.04. The zero-order chi connectivity index (χ0) is 10.9. The summed E-state index contributed by atoms with van der Waals surface area (Å²) in [6.45, 7) is 0. The van der Waals surface area contributed by atoms with Crippen LogP contribution in [0, 0.1) is 5.82 Å². The molecule has 1 nitrogen and oxygen atoms in total. The molecule has 0 atom stereocenters. The maximum absolute atomic E-state index is 12.7. The summed E-state index contributed by atoms with van der Waals surface area (Å²) >= 11 is 10.7. The van der Waals surface area contributed by atoms with Gasteiger partial charge in [-0.15, -0.1) is 0 Å². The highest BCUT2D eigenvalue weighted by molar-refractivity contribution is 6.44. The third-order valence-electron chi connectivity index (χ3n) is 1.50. The highest BCUT2D eigenvalue weighted by Crippen LogP contribution is 2.29. The number of Topliss-reactive ketones (excluding diaryl/α,β-unsaturated/α-hetero) is 1. The highest BCUT2D eigenvalue weighted by atomic mass is 35.5. The molecular weight excluding hydrogens is 240 g/mol. The van der Waals surface area contributed by atoms with Crippen molar-refractivity contribution in [1.29, 1.82) is 0 Å². The Bertz CT molecular complexity index is 379. The Morgan fingerprint density at radius 3 is 2.29 bits per heavy atom. The Labute approximate surface area is 87.4 Å². The van der Waals surface area contributed by atoms with Gasteiger partial charge >= 0.3 is 6.43 Å². The van der Waals surface area contributed by atoms with E-state index in [2.05, 4.69) is 0 Å². The van der Waals surface area contributed by atoms with Crippen LogP contribution in [-0.2, 0) is 0 Å². The fourth-order valence-corrected chi connectivity index (χ4v) is 1.24. The summed E-state index contributed by atoms with van der Waals surface area (Å²) in [7, 11) is 0. The lowest BCUT2D eigenvalue weighted by Crippen LogP contribution is -2.11. The predicted octanol–water partition coefficient (Wildman–Crippen LogP) is 3.58. The summed E-state index contributed by atoms with van der Waals surface area (Å²) in [6.07, 6.45) is -3.19. The Morgan fingerprint density at radius 1 is 1.21 bits per heavy atom. The first-order valence-electron chi connectivity index (χ1n) is 3.41. The summed E-state index contributed by atoms with van der Waals surface area (Å²) in [5.41, 5.74) is -0.479. The third kappa shape index (κ3) is 2.01. The molecule has 1 aromatic rings. The van der Waals surface area contributed by atoms with Gasteiger partial charge < -0.3 is 0 Å². The molecule has 76 valence electrons. The molecule has 0 fully saturated rings. The van der Waals surface area contributed by atoms with Crippen molar-refractivity contribution >= 4 is 29.0 Å². The van der Waals surface area contributed by atoms with Crippen LogP contribution in [0.25, 0.3) is 0 Å². The number of hydrogen-bond donors (Lipinski definition) is 0. The van der Waals surface area contributed by atoms with Crippen LogP contribution in [0.15, 0.2) is 12.1 Å². The second-order valence-electron chi connectivity index (χ2n) is 2.39. The summed E-state index contributed by atoms with van der Waals surface area (Å²) in [6, 6.07) is 1.68. The van der Waals surface area contributed by atoms with Crippen LogP contribution in [0.4, 0.5) is 13.2 Å². The fraction of sp³-hybridized carbons (Fsp3) is 0.125. The van der Waals surface area contributed by atoms with Crippen molar-refractivity contribution in [2.24, 2.45) is 0 Å². The smallest absolute Gasteiger partial charge is 0.288 e. The average Bonchev–Trinajstić information content (AvgIpc) is 2.13. The number of benzene rings is 1. The van der Waals surface area contributed by atoms with E-state index < -0.39 is 33.6 Å². The van der Waals surface area contributed by atoms with Crippen LogP contribution in [0.5, 0.6) is 0 Å². The van der Waals surface area contributed by atoms with Crippen LogP contribution >= 0.6 is 23.2 Å². The number of hydrogen-bond acceptors (Lipinski definition) is 1. The van der Waals surface area contributed by atoms with Gasteiger partial charge in [0, 0.05) is 5.56 Å². The number of rotatable bonds is 2. The second kappa shape index (κ2) is 4.19. The lowest BCUT2D eigenvalue weighted by molar-refractivity contribution is 0.0679. The number of carbonyl (C=O) groups excluding carboxylic acids is 1. The van der Waals surface area contributed by atoms with E-state index in [4.69, 9.17) is 23.2 Å². The van der Waals surface area contributed by atoms with Crippen LogP contribution in [-0.4, -0.2) is 12.2 Å². The Balaban J connectivity index is 3.24. The van der Waals surface area contributed by atoms with Crippen molar-refractivity contribution in [1.82, 2.24) is 0 Å². The van der Waals surface area contributed by atoms with Gasteiger partial charge in [0.25, 0.3) is 0 Å². The average molecular weight is 243 g/mol. The van der Waals surface area contributed by atoms with Crippen LogP contribution in [0.2, 0.25) is 10.0 Å². The highest BCUT2D eigenvalue weighted by Gasteiger charge is 2.22. The lowest BCUT2D eigenvalue weighted by atomic mass is 10.1. The molecule has 0 aliphatic carbocycles. The van der Waals surface area contributed by atoms with Crippen molar-refractivity contribution in [3.63, 3.8) is 0 Å². The molecule has 0 heterocycles. The molecule has 14 heavy (non-hydrogen) atoms. The minimum Gasteiger partial charge on any atom is -0.288 e. The Hall–Kier alpha value is -0.740. The van der Waals surface area contributed by atoms with Gasteiger partial charge in [0.05, 0.1) is 10.0 Å². The summed E-state index contributed by atoms with van der Waals surface area (Å²) in [5, 5.41) is -1.02. The van der Waals surface area contributed by atoms with Gasteiger partial charge in [-0.25, -0.2) is 13.2 Å². The largest absolute Gasteiger partial charge is 0.300 e. The zero-order valence-electron chi connectivity index (χ0n) is 6.53. The first kappa shape index (κ1) is 11.3. The number of carbonyl (C=O) groups is 1. The molecule has 0 amide bonds. The van der Waals surface area contributed by atoms with E-state index in [1.54, 1.807) is 0 Å². The van der Waals surface area contributed by atoms with Crippen molar-refractivity contribution in [3.8, 4) is 0 Å². The van der Waals surface area contributed by atoms with Gasteiger partial charge in [0.1, 0.15) is 5.82 Å². The first-order valence-corrected chi connectivity index (χ1v) is 4.16. The molecule has 0 radical (unpaired) electrons. The standard InChI is InChI=1S/C8H3Cl2F3O/c9-5-3(7(14)8(12)13)1-2-4(11)6(5)10/h1-2,8H. The third-order valence-corrected chi connectivity index (χ3v) is 2.36. The second-order valence-corrected chi connectivity index (χ2v) is 3.14. The molecule has 0 saturated heterocycles. The van der Waals surface area contributed by atoms with E-state index in [1.807, 2.05) is 0 Å². The van der Waals surface area contributed by atoms with E-state index >= 15 is 0 Å². The van der Waals surface area contributed by atoms with Crippen LogP contribution in [0.3, 0.4) is 0 Å². The number of halogens is 5. The summed E-state index contributed by atoms with van der Waals surface area (Å²) in [5.74, 6) is -2.33. The van der Waals surface area contributed by atoms with Crippen LogP contribution < -0.4 is 0 Å². The van der Waals surface area contributed by atoms with Gasteiger partial charge in [-0.1, -0.05) is 23.2 Å². The molecule has 0 aliphatic rings. The van der Waals surface area contributed by atoms with Crippen molar-refractivity contribution < 1.29 is 18.0 Å². The maximum Gasteiger partial charge on any atom is 0.300 e. The normalized spacial score (nSPS) is 10.7. The summed E-state index contributed by atoms with van der Waals surface area (Å²) < 4.78 is 36.7. The molecule has 0 aromatic heterocycles. The molecule has 0 unspecified atom stereocenters. The molecule has 0 aliphatic heterocycles. The number of ketones is 1. The molecular formula is C8H3Cl2F3O. The molecule has 1 rings (SSSR count). The summed E-state index contributed by atoms with van der Waals surface area (Å²) in [4.78, 5) is 10.8.